The summed E-state index contributed by atoms with van der Waals surface area (Å²) in [6, 6.07) is 4.76. The molecule has 4 aliphatic rings. The second-order valence-electron chi connectivity index (χ2n) is 8.59. The Labute approximate surface area is 165 Å². The van der Waals surface area contributed by atoms with E-state index in [0.717, 1.165) is 17.8 Å². The zero-order valence-corrected chi connectivity index (χ0v) is 17.5. The van der Waals surface area contributed by atoms with Crippen LogP contribution in [0.2, 0.25) is 0 Å². The highest BCUT2D eigenvalue weighted by Crippen LogP contribution is 2.56. The topological polar surface area (TPSA) is 7.12 Å². The summed E-state index contributed by atoms with van der Waals surface area (Å²) in [5.74, 6) is 3.06. The summed E-state index contributed by atoms with van der Waals surface area (Å²) in [6.07, 6.45) is 16.2. The molecule has 0 N–H and O–H groups in total. The summed E-state index contributed by atoms with van der Waals surface area (Å²) < 4.78 is 2.61. The van der Waals surface area contributed by atoms with Gasteiger partial charge in [0.25, 0.3) is 0 Å². The van der Waals surface area contributed by atoms with Crippen LogP contribution in [0.15, 0.2) is 24.5 Å². The van der Waals surface area contributed by atoms with Crippen LogP contribution in [-0.2, 0) is 5.54 Å². The zero-order valence-electron chi connectivity index (χ0n) is 15.4. The molecule has 4 bridgehead atoms. The number of nitrogens with zero attached hydrogens (tertiary/aromatic N) is 2. The Morgan fingerprint density at radius 1 is 0.917 bits per heavy atom. The normalized spacial score (nSPS) is 33.3. The van der Waals surface area contributed by atoms with Crippen LogP contribution in [0.4, 0.5) is 5.69 Å². The molecule has 0 amide bonds. The van der Waals surface area contributed by atoms with E-state index in [1.807, 2.05) is 0 Å². The maximum Gasteiger partial charge on any atom is 0.171 e. The molecule has 24 heavy (non-hydrogen) atoms. The minimum Gasteiger partial charge on any atom is -1.00 e. The van der Waals surface area contributed by atoms with Gasteiger partial charge in [0.1, 0.15) is 0 Å². The molecular weight excluding hydrogens is 407 g/mol. The van der Waals surface area contributed by atoms with Crippen molar-refractivity contribution in [1.29, 1.82) is 0 Å². The van der Waals surface area contributed by atoms with Gasteiger partial charge in [-0.3, -0.25) is 0 Å². The Hall–Kier alpha value is -0.320. The quantitative estimate of drug-likeness (QED) is 0.481. The van der Waals surface area contributed by atoms with Gasteiger partial charge in [0.2, 0.25) is 0 Å². The third-order valence-corrected chi connectivity index (χ3v) is 6.72. The Kier molecular flexibility index (Phi) is 5.78. The van der Waals surface area contributed by atoms with Gasteiger partial charge >= 0.3 is 0 Å². The highest BCUT2D eigenvalue weighted by Gasteiger charge is 2.56. The van der Waals surface area contributed by atoms with Crippen molar-refractivity contribution >= 4 is 5.69 Å². The Bertz CT molecular complexity index is 498. The van der Waals surface area contributed by atoms with Gasteiger partial charge in [-0.2, -0.15) is 4.57 Å². The van der Waals surface area contributed by atoms with Crippen molar-refractivity contribution in [3.05, 3.63) is 24.5 Å². The van der Waals surface area contributed by atoms with Gasteiger partial charge < -0.3 is 28.9 Å². The van der Waals surface area contributed by atoms with Crippen molar-refractivity contribution in [2.24, 2.45) is 17.8 Å². The number of hydrogen-bond donors (Lipinski definition) is 0. The molecule has 0 aromatic carbocycles. The van der Waals surface area contributed by atoms with Crippen molar-refractivity contribution in [3.63, 3.8) is 0 Å². The van der Waals surface area contributed by atoms with E-state index in [2.05, 4.69) is 47.8 Å². The maximum atomic E-state index is 2.61. The van der Waals surface area contributed by atoms with Gasteiger partial charge in [-0.05, 0) is 49.9 Å². The first kappa shape index (κ1) is 18.5. The minimum absolute atomic E-state index is 0. The minimum atomic E-state index is 0. The molecule has 1 heterocycles. The number of rotatable bonds is 6. The van der Waals surface area contributed by atoms with Crippen LogP contribution >= 0.6 is 0 Å². The second-order valence-corrected chi connectivity index (χ2v) is 8.59. The molecule has 134 valence electrons. The third kappa shape index (κ3) is 3.34. The number of aromatic nitrogens is 1. The number of pyridine rings is 1. The second kappa shape index (κ2) is 7.51. The molecule has 4 saturated carbocycles. The first-order valence-corrected chi connectivity index (χ1v) is 9.99. The van der Waals surface area contributed by atoms with Gasteiger partial charge in [0.05, 0.1) is 0 Å². The largest absolute Gasteiger partial charge is 1.00 e. The van der Waals surface area contributed by atoms with Crippen LogP contribution in [0, 0.1) is 17.8 Å². The number of anilines is 1. The van der Waals surface area contributed by atoms with Crippen LogP contribution in [0.1, 0.15) is 65.2 Å². The van der Waals surface area contributed by atoms with E-state index in [9.17, 15) is 0 Å². The molecule has 0 spiro atoms. The van der Waals surface area contributed by atoms with Gasteiger partial charge in [0.15, 0.2) is 17.9 Å². The summed E-state index contributed by atoms with van der Waals surface area (Å²) >= 11 is 0. The number of halogens is 1. The highest BCUT2D eigenvalue weighted by atomic mass is 127. The zero-order chi connectivity index (χ0) is 15.9. The van der Waals surface area contributed by atoms with Gasteiger partial charge in [0, 0.05) is 50.2 Å². The SMILES string of the molecule is CCCN(CCC)c1cc[n+](C23CC4CC(CC(C4)C2)C3)cc1.[I-]. The van der Waals surface area contributed by atoms with Crippen molar-refractivity contribution in [1.82, 2.24) is 0 Å². The molecule has 1 aromatic heterocycles. The molecule has 4 fully saturated rings. The Morgan fingerprint density at radius 3 is 1.79 bits per heavy atom. The molecule has 3 heteroatoms. The van der Waals surface area contributed by atoms with Crippen molar-refractivity contribution in [2.75, 3.05) is 18.0 Å². The summed E-state index contributed by atoms with van der Waals surface area (Å²) in [6.45, 7) is 6.91. The van der Waals surface area contributed by atoms with E-state index in [4.69, 9.17) is 0 Å². The lowest BCUT2D eigenvalue weighted by Gasteiger charge is -2.53. The Balaban J connectivity index is 0.00000169. The fourth-order valence-corrected chi connectivity index (χ4v) is 6.24. The summed E-state index contributed by atoms with van der Waals surface area (Å²) in [5, 5.41) is 0. The molecular formula is C21H33IN2. The van der Waals surface area contributed by atoms with E-state index in [0.29, 0.717) is 5.54 Å². The van der Waals surface area contributed by atoms with Crippen molar-refractivity contribution in [3.8, 4) is 0 Å². The first-order chi connectivity index (χ1) is 11.2. The van der Waals surface area contributed by atoms with E-state index in [1.165, 1.54) is 70.1 Å². The number of hydrogen-bond acceptors (Lipinski definition) is 1. The fourth-order valence-electron chi connectivity index (χ4n) is 6.24. The summed E-state index contributed by atoms with van der Waals surface area (Å²) in [4.78, 5) is 2.55. The average molecular weight is 440 g/mol. The van der Waals surface area contributed by atoms with Crippen molar-refractivity contribution in [2.45, 2.75) is 70.8 Å². The van der Waals surface area contributed by atoms with E-state index < -0.39 is 0 Å². The monoisotopic (exact) mass is 440 g/mol. The smallest absolute Gasteiger partial charge is 0.171 e. The van der Waals surface area contributed by atoms with Crippen LogP contribution in [0.5, 0.6) is 0 Å². The van der Waals surface area contributed by atoms with Crippen LogP contribution in [-0.4, -0.2) is 13.1 Å². The fraction of sp³-hybridized carbons (Fsp3) is 0.762. The summed E-state index contributed by atoms with van der Waals surface area (Å²) in [5.41, 5.74) is 1.88. The molecule has 0 saturated heterocycles. The lowest BCUT2D eigenvalue weighted by Crippen LogP contribution is -3.00. The third-order valence-electron chi connectivity index (χ3n) is 6.72. The van der Waals surface area contributed by atoms with E-state index in [1.54, 1.807) is 0 Å². The first-order valence-electron chi connectivity index (χ1n) is 9.99. The molecule has 5 rings (SSSR count). The van der Waals surface area contributed by atoms with E-state index in [-0.39, 0.29) is 24.0 Å². The predicted molar refractivity (Wildman–Crippen MR) is 95.6 cm³/mol. The van der Waals surface area contributed by atoms with Crippen molar-refractivity contribution < 1.29 is 28.5 Å². The maximum absolute atomic E-state index is 2.61. The lowest BCUT2D eigenvalue weighted by atomic mass is 9.53. The molecule has 0 unspecified atom stereocenters. The molecule has 0 atom stereocenters. The standard InChI is InChI=1S/C21H33N2.HI/c1-3-7-22(8-4-2)20-5-9-23(10-6-20)21-14-17-11-18(15-21)13-19(12-17)16-21;/h5-6,9-10,17-19H,3-4,7-8,11-16H2,1-2H3;1H/q+1;/p-1. The van der Waals surface area contributed by atoms with Crippen LogP contribution in [0.3, 0.4) is 0 Å². The Morgan fingerprint density at radius 2 is 1.38 bits per heavy atom. The molecule has 4 aliphatic carbocycles. The molecule has 0 radical (unpaired) electrons. The lowest BCUT2D eigenvalue weighted by molar-refractivity contribution is -0.776. The average Bonchev–Trinajstić information content (AvgIpc) is 2.54. The summed E-state index contributed by atoms with van der Waals surface area (Å²) in [7, 11) is 0. The highest BCUT2D eigenvalue weighted by molar-refractivity contribution is 5.43. The van der Waals surface area contributed by atoms with Crippen LogP contribution in [0.25, 0.3) is 0 Å². The molecule has 0 aliphatic heterocycles. The van der Waals surface area contributed by atoms with E-state index >= 15 is 0 Å². The molecule has 1 aromatic rings. The van der Waals surface area contributed by atoms with Gasteiger partial charge in [-0.1, -0.05) is 13.8 Å². The predicted octanol–water partition coefficient (Wildman–Crippen LogP) is 1.53. The molecule has 2 nitrogen and oxygen atoms in total. The van der Waals surface area contributed by atoms with Gasteiger partial charge in [-0.15, -0.1) is 0 Å². The van der Waals surface area contributed by atoms with Crippen LogP contribution < -0.4 is 33.4 Å². The van der Waals surface area contributed by atoms with Gasteiger partial charge in [-0.25, -0.2) is 0 Å².